The Morgan fingerprint density at radius 2 is 1.95 bits per heavy atom. The van der Waals surface area contributed by atoms with Gasteiger partial charge in [-0.15, -0.1) is 0 Å². The maximum absolute atomic E-state index is 13.1. The molecule has 0 bridgehead atoms. The number of nitrogens with two attached hydrogens (primary N) is 1. The molecule has 0 spiro atoms. The fraction of sp³-hybridized carbons (Fsp3) is 0.462. The summed E-state index contributed by atoms with van der Waals surface area (Å²) < 4.78 is 50.8. The number of hydrogen-bond acceptors (Lipinski definition) is 2. The van der Waals surface area contributed by atoms with Crippen LogP contribution in [0.2, 0.25) is 0 Å². The zero-order valence-electron chi connectivity index (χ0n) is 10.0. The summed E-state index contributed by atoms with van der Waals surface area (Å²) in [7, 11) is 0. The Bertz CT molecular complexity index is 498. The molecule has 2 nitrogen and oxygen atoms in total. The first-order chi connectivity index (χ1) is 8.80. The Morgan fingerprint density at radius 1 is 1.26 bits per heavy atom. The van der Waals surface area contributed by atoms with Crippen LogP contribution in [0.3, 0.4) is 0 Å². The number of halogens is 4. The number of alkyl halides is 3. The first kappa shape index (κ1) is 14.0. The normalized spacial score (nSPS) is 23.6. The summed E-state index contributed by atoms with van der Waals surface area (Å²) in [5.74, 6) is -2.28. The van der Waals surface area contributed by atoms with E-state index in [2.05, 4.69) is 0 Å². The second-order valence-electron chi connectivity index (χ2n) is 4.76. The van der Waals surface area contributed by atoms with Crippen molar-refractivity contribution in [2.24, 2.45) is 11.7 Å². The van der Waals surface area contributed by atoms with Gasteiger partial charge in [0.25, 0.3) is 0 Å². The van der Waals surface area contributed by atoms with Crippen LogP contribution in [-0.2, 0) is 6.18 Å². The molecule has 0 aromatic heterocycles. The Morgan fingerprint density at radius 3 is 2.47 bits per heavy atom. The van der Waals surface area contributed by atoms with Crippen LogP contribution in [-0.4, -0.2) is 11.8 Å². The van der Waals surface area contributed by atoms with Crippen LogP contribution >= 0.6 is 0 Å². The van der Waals surface area contributed by atoms with E-state index >= 15 is 0 Å². The largest absolute Gasteiger partial charge is 0.419 e. The minimum atomic E-state index is -4.81. The zero-order chi connectivity index (χ0) is 14.2. The topological polar surface area (TPSA) is 43.1 Å². The Hall–Kier alpha value is -1.43. The minimum Gasteiger partial charge on any atom is -0.327 e. The molecule has 6 heteroatoms. The molecule has 0 saturated heterocycles. The van der Waals surface area contributed by atoms with Gasteiger partial charge in [-0.1, -0.05) is 6.42 Å². The highest BCUT2D eigenvalue weighted by Crippen LogP contribution is 2.33. The van der Waals surface area contributed by atoms with Crippen molar-refractivity contribution in [2.45, 2.75) is 31.5 Å². The van der Waals surface area contributed by atoms with Gasteiger partial charge in [0.05, 0.1) is 5.56 Å². The summed E-state index contributed by atoms with van der Waals surface area (Å²) in [6.45, 7) is 0. The number of carbonyl (C=O) groups is 1. The van der Waals surface area contributed by atoms with Crippen LogP contribution in [0.5, 0.6) is 0 Å². The molecular formula is C13H13F4NO. The number of hydrogen-bond donors (Lipinski definition) is 1. The van der Waals surface area contributed by atoms with Gasteiger partial charge in [-0.05, 0) is 31.0 Å². The van der Waals surface area contributed by atoms with Gasteiger partial charge in [-0.3, -0.25) is 4.79 Å². The van der Waals surface area contributed by atoms with Crippen molar-refractivity contribution in [3.8, 4) is 0 Å². The number of rotatable bonds is 2. The minimum absolute atomic E-state index is 0.129. The molecule has 104 valence electrons. The summed E-state index contributed by atoms with van der Waals surface area (Å²) in [4.78, 5) is 12.1. The lowest BCUT2D eigenvalue weighted by Gasteiger charge is -2.15. The maximum Gasteiger partial charge on any atom is 0.419 e. The van der Waals surface area contributed by atoms with Crippen LogP contribution in [0.15, 0.2) is 18.2 Å². The lowest BCUT2D eigenvalue weighted by atomic mass is 9.92. The van der Waals surface area contributed by atoms with Gasteiger partial charge in [0.1, 0.15) is 5.82 Å². The van der Waals surface area contributed by atoms with Crippen molar-refractivity contribution in [3.63, 3.8) is 0 Å². The molecular weight excluding hydrogens is 262 g/mol. The molecule has 0 amide bonds. The summed E-state index contributed by atoms with van der Waals surface area (Å²) in [6, 6.07) is 2.00. The molecule has 1 fully saturated rings. The molecule has 1 saturated carbocycles. The standard InChI is InChI=1S/C13H13F4NO/c14-10-5-4-7(6-9(10)13(15,16)17)12(19)8-2-1-3-11(8)18/h4-6,8,11H,1-3,18H2. The molecule has 1 aromatic carbocycles. The van der Waals surface area contributed by atoms with Gasteiger partial charge < -0.3 is 5.73 Å². The summed E-state index contributed by atoms with van der Waals surface area (Å²) >= 11 is 0. The van der Waals surface area contributed by atoms with Crippen LogP contribution in [0.4, 0.5) is 17.6 Å². The third-order valence-electron chi connectivity index (χ3n) is 3.46. The molecule has 0 heterocycles. The van der Waals surface area contributed by atoms with Gasteiger partial charge in [0.15, 0.2) is 5.78 Å². The fourth-order valence-corrected chi connectivity index (χ4v) is 2.42. The SMILES string of the molecule is NC1CCCC1C(=O)c1ccc(F)c(C(F)(F)F)c1. The molecule has 19 heavy (non-hydrogen) atoms. The predicted molar refractivity (Wildman–Crippen MR) is 61.0 cm³/mol. The second kappa shape index (κ2) is 4.92. The van der Waals surface area contributed by atoms with Crippen molar-refractivity contribution in [3.05, 3.63) is 35.1 Å². The van der Waals surface area contributed by atoms with E-state index in [0.717, 1.165) is 12.5 Å². The lowest BCUT2D eigenvalue weighted by molar-refractivity contribution is -0.140. The monoisotopic (exact) mass is 275 g/mol. The highest BCUT2D eigenvalue weighted by atomic mass is 19.4. The van der Waals surface area contributed by atoms with E-state index in [1.807, 2.05) is 0 Å². The number of benzene rings is 1. The van der Waals surface area contributed by atoms with Crippen molar-refractivity contribution < 1.29 is 22.4 Å². The summed E-state index contributed by atoms with van der Waals surface area (Å²) in [5.41, 5.74) is 4.21. The number of Topliss-reactive ketones (excluding diaryl/α,β-unsaturated/α-hetero) is 1. The molecule has 0 radical (unpaired) electrons. The van der Waals surface area contributed by atoms with E-state index in [0.29, 0.717) is 25.0 Å². The van der Waals surface area contributed by atoms with Gasteiger partial charge in [-0.25, -0.2) is 4.39 Å². The molecule has 1 aliphatic carbocycles. The van der Waals surface area contributed by atoms with Crippen molar-refractivity contribution in [1.29, 1.82) is 0 Å². The van der Waals surface area contributed by atoms with Gasteiger partial charge in [0, 0.05) is 17.5 Å². The van der Waals surface area contributed by atoms with Crippen molar-refractivity contribution in [1.82, 2.24) is 0 Å². The zero-order valence-corrected chi connectivity index (χ0v) is 10.0. The van der Waals surface area contributed by atoms with Crippen molar-refractivity contribution >= 4 is 5.78 Å². The molecule has 0 aliphatic heterocycles. The van der Waals surface area contributed by atoms with E-state index < -0.39 is 29.3 Å². The van der Waals surface area contributed by atoms with Gasteiger partial charge in [-0.2, -0.15) is 13.2 Å². The molecule has 2 atom stereocenters. The number of ketones is 1. The van der Waals surface area contributed by atoms with E-state index in [9.17, 15) is 22.4 Å². The quantitative estimate of drug-likeness (QED) is 0.665. The fourth-order valence-electron chi connectivity index (χ4n) is 2.42. The molecule has 1 aromatic rings. The van der Waals surface area contributed by atoms with E-state index in [-0.39, 0.29) is 11.6 Å². The van der Waals surface area contributed by atoms with Crippen LogP contribution in [0.1, 0.15) is 35.2 Å². The van der Waals surface area contributed by atoms with Gasteiger partial charge >= 0.3 is 6.18 Å². The third kappa shape index (κ3) is 2.78. The Kier molecular flexibility index (Phi) is 3.62. The third-order valence-corrected chi connectivity index (χ3v) is 3.46. The summed E-state index contributed by atoms with van der Waals surface area (Å²) in [6.07, 6.45) is -2.77. The average molecular weight is 275 g/mol. The first-order valence-electron chi connectivity index (χ1n) is 5.97. The number of carbonyl (C=O) groups excluding carboxylic acids is 1. The maximum atomic E-state index is 13.1. The van der Waals surface area contributed by atoms with E-state index in [4.69, 9.17) is 5.73 Å². The van der Waals surface area contributed by atoms with Gasteiger partial charge in [0.2, 0.25) is 0 Å². The Labute approximate surface area is 107 Å². The highest BCUT2D eigenvalue weighted by Gasteiger charge is 2.36. The lowest BCUT2D eigenvalue weighted by Crippen LogP contribution is -2.30. The van der Waals surface area contributed by atoms with Crippen molar-refractivity contribution in [2.75, 3.05) is 0 Å². The van der Waals surface area contributed by atoms with Crippen LogP contribution in [0, 0.1) is 11.7 Å². The van der Waals surface area contributed by atoms with E-state index in [1.165, 1.54) is 0 Å². The molecule has 1 aliphatic rings. The first-order valence-corrected chi connectivity index (χ1v) is 5.97. The molecule has 2 unspecified atom stereocenters. The second-order valence-corrected chi connectivity index (χ2v) is 4.76. The summed E-state index contributed by atoms with van der Waals surface area (Å²) in [5, 5.41) is 0. The Balaban J connectivity index is 2.33. The molecule has 2 rings (SSSR count). The van der Waals surface area contributed by atoms with Crippen LogP contribution < -0.4 is 5.73 Å². The van der Waals surface area contributed by atoms with Crippen LogP contribution in [0.25, 0.3) is 0 Å². The predicted octanol–water partition coefficient (Wildman–Crippen LogP) is 3.15. The smallest absolute Gasteiger partial charge is 0.327 e. The average Bonchev–Trinajstić information content (AvgIpc) is 2.73. The highest BCUT2D eigenvalue weighted by molar-refractivity contribution is 5.98. The molecule has 2 N–H and O–H groups in total. The van der Waals surface area contributed by atoms with E-state index in [1.54, 1.807) is 0 Å².